The van der Waals surface area contributed by atoms with Crippen LogP contribution in [-0.2, 0) is 19.6 Å². The molecule has 2 N–H and O–H groups in total. The van der Waals surface area contributed by atoms with E-state index in [1.54, 1.807) is 4.68 Å². The number of aliphatic imine (C=N–C) groups is 1. The van der Waals surface area contributed by atoms with Crippen LogP contribution in [0.25, 0.3) is 17.1 Å². The van der Waals surface area contributed by atoms with Crippen molar-refractivity contribution >= 4 is 18.4 Å². The lowest BCUT2D eigenvalue weighted by Gasteiger charge is -2.38. The van der Waals surface area contributed by atoms with Crippen LogP contribution in [0.5, 0.6) is 0 Å². The molecule has 8 nitrogen and oxygen atoms in total. The van der Waals surface area contributed by atoms with Crippen LogP contribution in [0, 0.1) is 5.92 Å². The molecule has 3 heterocycles. The van der Waals surface area contributed by atoms with Crippen LogP contribution in [0.2, 0.25) is 0 Å². The van der Waals surface area contributed by atoms with Gasteiger partial charge in [-0.2, -0.15) is 9.78 Å². The van der Waals surface area contributed by atoms with E-state index in [0.717, 1.165) is 36.7 Å². The van der Waals surface area contributed by atoms with E-state index in [9.17, 15) is 5.11 Å². The van der Waals surface area contributed by atoms with Gasteiger partial charge in [-0.15, -0.1) is 0 Å². The number of hydrogen-bond acceptors (Lipinski definition) is 7. The SMILES string of the molecule is C=Nc1cc(-c2cccc(C3(C)COC3)c2)nn1/C(=C\C)N[C@@H]1C[C@H](CO)[C@H]2OC(C)(C)O[C@H]21. The van der Waals surface area contributed by atoms with Gasteiger partial charge in [0.25, 0.3) is 0 Å². The maximum atomic E-state index is 9.90. The number of aromatic nitrogens is 2. The van der Waals surface area contributed by atoms with Crippen LogP contribution in [-0.4, -0.2) is 65.5 Å². The van der Waals surface area contributed by atoms with Crippen molar-refractivity contribution in [2.45, 2.75) is 63.6 Å². The van der Waals surface area contributed by atoms with Gasteiger partial charge in [0.05, 0.1) is 31.1 Å². The Hall–Kier alpha value is -2.52. The van der Waals surface area contributed by atoms with Crippen LogP contribution in [0.15, 0.2) is 41.4 Å². The van der Waals surface area contributed by atoms with E-state index in [1.807, 2.05) is 32.9 Å². The smallest absolute Gasteiger partial charge is 0.163 e. The van der Waals surface area contributed by atoms with Crippen LogP contribution < -0.4 is 5.32 Å². The Morgan fingerprint density at radius 2 is 2.03 bits per heavy atom. The van der Waals surface area contributed by atoms with E-state index in [0.29, 0.717) is 5.82 Å². The zero-order valence-electron chi connectivity index (χ0n) is 20.3. The van der Waals surface area contributed by atoms with Gasteiger partial charge in [-0.05, 0) is 51.6 Å². The number of nitrogens with one attached hydrogen (secondary N) is 1. The molecule has 0 bridgehead atoms. The van der Waals surface area contributed by atoms with Crippen molar-refractivity contribution < 1.29 is 19.3 Å². The highest BCUT2D eigenvalue weighted by atomic mass is 16.8. The first-order valence-corrected chi connectivity index (χ1v) is 11.9. The molecule has 3 aliphatic rings. The summed E-state index contributed by atoms with van der Waals surface area (Å²) in [7, 11) is 0. The van der Waals surface area contributed by atoms with Crippen LogP contribution in [0.3, 0.4) is 0 Å². The third-order valence-corrected chi connectivity index (χ3v) is 7.20. The Morgan fingerprint density at radius 1 is 1.26 bits per heavy atom. The number of hydrogen-bond donors (Lipinski definition) is 2. The molecule has 0 spiro atoms. The molecular weight excluding hydrogens is 432 g/mol. The van der Waals surface area contributed by atoms with Crippen molar-refractivity contribution in [3.63, 3.8) is 0 Å². The van der Waals surface area contributed by atoms with Crippen molar-refractivity contribution in [1.82, 2.24) is 15.1 Å². The molecule has 2 saturated heterocycles. The highest BCUT2D eigenvalue weighted by molar-refractivity contribution is 5.67. The molecule has 1 saturated carbocycles. The van der Waals surface area contributed by atoms with E-state index in [-0.39, 0.29) is 36.2 Å². The number of allylic oxidation sites excluding steroid dienone is 1. The lowest BCUT2D eigenvalue weighted by molar-refractivity contribution is -0.159. The summed E-state index contributed by atoms with van der Waals surface area (Å²) in [5.41, 5.74) is 3.15. The monoisotopic (exact) mass is 466 g/mol. The molecule has 1 aromatic carbocycles. The van der Waals surface area contributed by atoms with E-state index in [1.165, 1.54) is 5.56 Å². The molecule has 2 aromatic rings. The summed E-state index contributed by atoms with van der Waals surface area (Å²) < 4.78 is 19.5. The lowest BCUT2D eigenvalue weighted by Crippen LogP contribution is -2.43. The second-order valence-electron chi connectivity index (χ2n) is 10.3. The van der Waals surface area contributed by atoms with Gasteiger partial charge in [-0.1, -0.05) is 25.1 Å². The van der Waals surface area contributed by atoms with Crippen molar-refractivity contribution in [3.05, 3.63) is 42.0 Å². The standard InChI is InChI=1S/C26H34N4O4/c1-6-21(28-20-11-17(13-31)23-24(20)34-25(2,3)33-23)30-22(27-5)12-19(29-30)16-8-7-9-18(10-16)26(4)14-32-15-26/h6-10,12,17,20,23-24,28,31H,5,11,13-15H2,1-4H3/b21-6-/t17-,20-,23-,24+/m1/s1. The second kappa shape index (κ2) is 8.61. The molecule has 5 rings (SSSR count). The fourth-order valence-corrected chi connectivity index (χ4v) is 5.29. The van der Waals surface area contributed by atoms with Gasteiger partial charge >= 0.3 is 0 Å². The van der Waals surface area contributed by atoms with E-state index < -0.39 is 5.79 Å². The van der Waals surface area contributed by atoms with Crippen molar-refractivity contribution in [2.24, 2.45) is 10.9 Å². The number of aliphatic hydroxyl groups excluding tert-OH is 1. The minimum Gasteiger partial charge on any atom is -0.396 e. The van der Waals surface area contributed by atoms with Gasteiger partial charge < -0.3 is 24.6 Å². The summed E-state index contributed by atoms with van der Waals surface area (Å²) in [5, 5.41) is 18.4. The maximum absolute atomic E-state index is 9.90. The fourth-order valence-electron chi connectivity index (χ4n) is 5.29. The Morgan fingerprint density at radius 3 is 2.68 bits per heavy atom. The second-order valence-corrected chi connectivity index (χ2v) is 10.3. The molecule has 0 radical (unpaired) electrons. The Balaban J connectivity index is 1.41. The molecule has 34 heavy (non-hydrogen) atoms. The van der Waals surface area contributed by atoms with E-state index >= 15 is 0 Å². The van der Waals surface area contributed by atoms with E-state index in [4.69, 9.17) is 19.3 Å². The van der Waals surface area contributed by atoms with Crippen molar-refractivity contribution in [1.29, 1.82) is 0 Å². The predicted molar refractivity (Wildman–Crippen MR) is 131 cm³/mol. The van der Waals surface area contributed by atoms with Crippen LogP contribution in [0.4, 0.5) is 5.82 Å². The highest BCUT2D eigenvalue weighted by Gasteiger charge is 2.54. The molecule has 0 amide bonds. The molecule has 8 heteroatoms. The Bertz CT molecular complexity index is 1100. The molecule has 4 atom stereocenters. The number of nitrogens with zero attached hydrogens (tertiary/aromatic N) is 3. The number of ether oxygens (including phenoxy) is 3. The number of benzene rings is 1. The maximum Gasteiger partial charge on any atom is 0.163 e. The number of aliphatic hydroxyl groups is 1. The van der Waals surface area contributed by atoms with Crippen LogP contribution in [0.1, 0.15) is 39.7 Å². The van der Waals surface area contributed by atoms with E-state index in [2.05, 4.69) is 48.2 Å². The average molecular weight is 467 g/mol. The topological polar surface area (TPSA) is 90.1 Å². The zero-order valence-corrected chi connectivity index (χ0v) is 20.3. The quantitative estimate of drug-likeness (QED) is 0.608. The molecular formula is C26H34N4O4. The Kier molecular flexibility index (Phi) is 5.88. The summed E-state index contributed by atoms with van der Waals surface area (Å²) in [6, 6.07) is 10.4. The van der Waals surface area contributed by atoms with Gasteiger partial charge in [0.2, 0.25) is 0 Å². The highest BCUT2D eigenvalue weighted by Crippen LogP contribution is 2.42. The molecule has 3 fully saturated rings. The van der Waals surface area contributed by atoms with Gasteiger partial charge in [0, 0.05) is 29.6 Å². The first-order chi connectivity index (χ1) is 16.3. The number of rotatable bonds is 7. The average Bonchev–Trinajstić information content (AvgIpc) is 3.46. The molecule has 1 aromatic heterocycles. The Labute approximate surface area is 200 Å². The third kappa shape index (κ3) is 3.98. The molecule has 1 aliphatic carbocycles. The zero-order chi connectivity index (χ0) is 24.1. The molecule has 0 unspecified atom stereocenters. The first kappa shape index (κ1) is 23.2. The summed E-state index contributed by atoms with van der Waals surface area (Å²) in [4.78, 5) is 4.23. The normalized spacial score (nSPS) is 29.5. The predicted octanol–water partition coefficient (Wildman–Crippen LogP) is 3.48. The lowest BCUT2D eigenvalue weighted by atomic mass is 9.80. The van der Waals surface area contributed by atoms with Gasteiger partial charge in [0.15, 0.2) is 11.6 Å². The van der Waals surface area contributed by atoms with Crippen molar-refractivity contribution in [2.75, 3.05) is 19.8 Å². The van der Waals surface area contributed by atoms with Gasteiger partial charge in [0.1, 0.15) is 11.9 Å². The summed E-state index contributed by atoms with van der Waals surface area (Å²) in [6.07, 6.45) is 2.42. The van der Waals surface area contributed by atoms with Crippen LogP contribution >= 0.6 is 0 Å². The summed E-state index contributed by atoms with van der Waals surface area (Å²) in [5.74, 6) is 0.794. The minimum atomic E-state index is -0.668. The van der Waals surface area contributed by atoms with Gasteiger partial charge in [-0.25, -0.2) is 4.99 Å². The number of fused-ring (bicyclic) bond motifs is 1. The largest absolute Gasteiger partial charge is 0.396 e. The molecule has 2 aliphatic heterocycles. The fraction of sp³-hybridized carbons (Fsp3) is 0.538. The third-order valence-electron chi connectivity index (χ3n) is 7.20. The minimum absolute atomic E-state index is 0.0205. The first-order valence-electron chi connectivity index (χ1n) is 11.9. The summed E-state index contributed by atoms with van der Waals surface area (Å²) >= 11 is 0. The molecule has 182 valence electrons. The van der Waals surface area contributed by atoms with Gasteiger partial charge in [-0.3, -0.25) is 0 Å². The summed E-state index contributed by atoms with van der Waals surface area (Å²) in [6.45, 7) is 13.3. The van der Waals surface area contributed by atoms with Crippen molar-refractivity contribution in [3.8, 4) is 11.3 Å².